The molecule has 0 atom stereocenters. The Kier molecular flexibility index (Phi) is 3.42. The molecule has 1 heterocycles. The molecule has 72 valence electrons. The number of rotatable bonds is 2. The molecule has 1 aromatic carbocycles. The second kappa shape index (κ2) is 4.58. The molecule has 4 heteroatoms. The summed E-state index contributed by atoms with van der Waals surface area (Å²) in [6.07, 6.45) is 4.36. The Morgan fingerprint density at radius 1 is 1.29 bits per heavy atom. The molecule has 14 heavy (non-hydrogen) atoms. The van der Waals surface area contributed by atoms with Crippen molar-refractivity contribution >= 4 is 18.7 Å². The number of aromatic nitrogens is 2. The molecular formula is C10H9ClN2O. The van der Waals surface area contributed by atoms with Crippen LogP contribution in [0.25, 0.3) is 11.1 Å². The first-order valence-corrected chi connectivity index (χ1v) is 3.94. The number of nitrogens with one attached hydrogen (secondary N) is 1. The molecule has 0 bridgehead atoms. The van der Waals surface area contributed by atoms with Crippen LogP contribution < -0.4 is 0 Å². The summed E-state index contributed by atoms with van der Waals surface area (Å²) in [4.78, 5) is 10.5. The zero-order valence-electron chi connectivity index (χ0n) is 7.31. The highest BCUT2D eigenvalue weighted by atomic mass is 35.5. The molecule has 0 aliphatic heterocycles. The van der Waals surface area contributed by atoms with Crippen LogP contribution in [0.5, 0.6) is 0 Å². The van der Waals surface area contributed by atoms with E-state index in [0.717, 1.165) is 17.4 Å². The van der Waals surface area contributed by atoms with Crippen LogP contribution in [0.1, 0.15) is 10.4 Å². The second-order valence-electron chi connectivity index (χ2n) is 2.73. The number of H-pyrrole nitrogens is 1. The SMILES string of the molecule is Cl.O=Cc1cccc(-c2cn[nH]c2)c1. The van der Waals surface area contributed by atoms with E-state index in [1.165, 1.54) is 0 Å². The molecule has 0 saturated carbocycles. The first-order chi connectivity index (χ1) is 6.40. The van der Waals surface area contributed by atoms with Crippen LogP contribution in [0, 0.1) is 0 Å². The lowest BCUT2D eigenvalue weighted by Gasteiger charge is -1.96. The van der Waals surface area contributed by atoms with Crippen LogP contribution in [-0.4, -0.2) is 16.5 Å². The average Bonchev–Trinajstić information content (AvgIpc) is 2.71. The van der Waals surface area contributed by atoms with Gasteiger partial charge < -0.3 is 0 Å². The van der Waals surface area contributed by atoms with Crippen molar-refractivity contribution in [3.8, 4) is 11.1 Å². The molecule has 3 nitrogen and oxygen atoms in total. The molecule has 1 aromatic heterocycles. The van der Waals surface area contributed by atoms with Gasteiger partial charge in [-0.2, -0.15) is 5.10 Å². The zero-order chi connectivity index (χ0) is 9.10. The fourth-order valence-corrected chi connectivity index (χ4v) is 1.20. The van der Waals surface area contributed by atoms with E-state index in [9.17, 15) is 4.79 Å². The van der Waals surface area contributed by atoms with Crippen LogP contribution in [0.3, 0.4) is 0 Å². The minimum atomic E-state index is 0. The lowest BCUT2D eigenvalue weighted by molar-refractivity contribution is 0.112. The van der Waals surface area contributed by atoms with Gasteiger partial charge in [-0.25, -0.2) is 0 Å². The lowest BCUT2D eigenvalue weighted by atomic mass is 10.1. The highest BCUT2D eigenvalue weighted by Gasteiger charge is 1.98. The minimum absolute atomic E-state index is 0. The van der Waals surface area contributed by atoms with Crippen LogP contribution in [0.4, 0.5) is 0 Å². The Balaban J connectivity index is 0.000000980. The van der Waals surface area contributed by atoms with Crippen molar-refractivity contribution in [3.05, 3.63) is 42.2 Å². The number of halogens is 1. The third kappa shape index (κ3) is 2.00. The van der Waals surface area contributed by atoms with Gasteiger partial charge in [-0.3, -0.25) is 9.89 Å². The van der Waals surface area contributed by atoms with Gasteiger partial charge in [0.25, 0.3) is 0 Å². The van der Waals surface area contributed by atoms with Crippen LogP contribution in [0.2, 0.25) is 0 Å². The first-order valence-electron chi connectivity index (χ1n) is 3.94. The van der Waals surface area contributed by atoms with Crippen molar-refractivity contribution in [1.82, 2.24) is 10.2 Å². The van der Waals surface area contributed by atoms with Crippen molar-refractivity contribution in [2.24, 2.45) is 0 Å². The van der Waals surface area contributed by atoms with Crippen molar-refractivity contribution < 1.29 is 4.79 Å². The fourth-order valence-electron chi connectivity index (χ4n) is 1.20. The van der Waals surface area contributed by atoms with E-state index in [2.05, 4.69) is 10.2 Å². The molecule has 0 aliphatic rings. The van der Waals surface area contributed by atoms with Gasteiger partial charge in [0.1, 0.15) is 6.29 Å². The molecule has 0 saturated heterocycles. The summed E-state index contributed by atoms with van der Waals surface area (Å²) in [7, 11) is 0. The van der Waals surface area contributed by atoms with Crippen molar-refractivity contribution in [3.63, 3.8) is 0 Å². The average molecular weight is 209 g/mol. The smallest absolute Gasteiger partial charge is 0.150 e. The molecule has 0 spiro atoms. The van der Waals surface area contributed by atoms with E-state index >= 15 is 0 Å². The van der Waals surface area contributed by atoms with Gasteiger partial charge in [0.2, 0.25) is 0 Å². The van der Waals surface area contributed by atoms with E-state index in [4.69, 9.17) is 0 Å². The first kappa shape index (κ1) is 10.5. The number of aldehydes is 1. The van der Waals surface area contributed by atoms with Crippen LogP contribution in [-0.2, 0) is 0 Å². The summed E-state index contributed by atoms with van der Waals surface area (Å²) in [6, 6.07) is 7.40. The Morgan fingerprint density at radius 3 is 2.79 bits per heavy atom. The fraction of sp³-hybridized carbons (Fsp3) is 0. The van der Waals surface area contributed by atoms with E-state index in [0.29, 0.717) is 5.56 Å². The van der Waals surface area contributed by atoms with Gasteiger partial charge in [0.15, 0.2) is 0 Å². The van der Waals surface area contributed by atoms with E-state index in [1.54, 1.807) is 18.5 Å². The summed E-state index contributed by atoms with van der Waals surface area (Å²) < 4.78 is 0. The molecular weight excluding hydrogens is 200 g/mol. The zero-order valence-corrected chi connectivity index (χ0v) is 8.12. The highest BCUT2D eigenvalue weighted by Crippen LogP contribution is 2.17. The quantitative estimate of drug-likeness (QED) is 0.770. The topological polar surface area (TPSA) is 45.8 Å². The van der Waals surface area contributed by atoms with Crippen molar-refractivity contribution in [2.45, 2.75) is 0 Å². The molecule has 0 unspecified atom stereocenters. The largest absolute Gasteiger partial charge is 0.298 e. The Hall–Kier alpha value is -1.61. The summed E-state index contributed by atoms with van der Waals surface area (Å²) in [5.74, 6) is 0. The number of nitrogens with zero attached hydrogens (tertiary/aromatic N) is 1. The molecule has 0 aliphatic carbocycles. The van der Waals surface area contributed by atoms with Crippen molar-refractivity contribution in [1.29, 1.82) is 0 Å². The number of carbonyl (C=O) groups excluding carboxylic acids is 1. The predicted molar refractivity (Wildman–Crippen MR) is 56.7 cm³/mol. The molecule has 1 N–H and O–H groups in total. The molecule has 0 radical (unpaired) electrons. The number of aromatic amines is 1. The van der Waals surface area contributed by atoms with E-state index in [1.807, 2.05) is 18.2 Å². The lowest BCUT2D eigenvalue weighted by Crippen LogP contribution is -1.80. The van der Waals surface area contributed by atoms with Crippen LogP contribution >= 0.6 is 12.4 Å². The van der Waals surface area contributed by atoms with Gasteiger partial charge in [-0.1, -0.05) is 18.2 Å². The second-order valence-corrected chi connectivity index (χ2v) is 2.73. The summed E-state index contributed by atoms with van der Waals surface area (Å²) in [5.41, 5.74) is 2.67. The standard InChI is InChI=1S/C10H8N2O.ClH/c13-7-8-2-1-3-9(4-8)10-5-11-12-6-10;/h1-7H,(H,11,12);1H. The van der Waals surface area contributed by atoms with Gasteiger partial charge in [-0.15, -0.1) is 12.4 Å². The Morgan fingerprint density at radius 2 is 2.14 bits per heavy atom. The number of carbonyl (C=O) groups is 1. The van der Waals surface area contributed by atoms with Gasteiger partial charge >= 0.3 is 0 Å². The number of benzene rings is 1. The summed E-state index contributed by atoms with van der Waals surface area (Å²) in [6.45, 7) is 0. The third-order valence-electron chi connectivity index (χ3n) is 1.85. The maximum atomic E-state index is 10.5. The summed E-state index contributed by atoms with van der Waals surface area (Å²) >= 11 is 0. The minimum Gasteiger partial charge on any atom is -0.298 e. The molecule has 2 rings (SSSR count). The number of hydrogen-bond donors (Lipinski definition) is 1. The van der Waals surface area contributed by atoms with Gasteiger partial charge in [-0.05, 0) is 11.6 Å². The monoisotopic (exact) mass is 208 g/mol. The maximum absolute atomic E-state index is 10.5. The van der Waals surface area contributed by atoms with Crippen molar-refractivity contribution in [2.75, 3.05) is 0 Å². The summed E-state index contributed by atoms with van der Waals surface area (Å²) in [5, 5.41) is 6.57. The molecule has 0 amide bonds. The van der Waals surface area contributed by atoms with Gasteiger partial charge in [0.05, 0.1) is 6.20 Å². The predicted octanol–water partition coefficient (Wildman–Crippen LogP) is 2.31. The number of hydrogen-bond acceptors (Lipinski definition) is 2. The highest BCUT2D eigenvalue weighted by molar-refractivity contribution is 5.85. The Labute approximate surface area is 87.6 Å². The molecule has 2 aromatic rings. The van der Waals surface area contributed by atoms with Gasteiger partial charge in [0, 0.05) is 17.3 Å². The van der Waals surface area contributed by atoms with Crippen LogP contribution in [0.15, 0.2) is 36.7 Å². The van der Waals surface area contributed by atoms with E-state index in [-0.39, 0.29) is 12.4 Å². The Bertz CT molecular complexity index is 412. The van der Waals surface area contributed by atoms with E-state index < -0.39 is 0 Å². The molecule has 0 fully saturated rings. The normalized spacial score (nSPS) is 9.14. The third-order valence-corrected chi connectivity index (χ3v) is 1.85. The maximum Gasteiger partial charge on any atom is 0.150 e.